The maximum absolute atomic E-state index is 12.4. The normalized spacial score (nSPS) is 17.2. The van der Waals surface area contributed by atoms with Gasteiger partial charge in [0.1, 0.15) is 0 Å². The highest BCUT2D eigenvalue weighted by Crippen LogP contribution is 2.39. The van der Waals surface area contributed by atoms with Crippen LogP contribution in [0.25, 0.3) is 0 Å². The number of rotatable bonds is 4. The molecule has 1 fully saturated rings. The van der Waals surface area contributed by atoms with E-state index < -0.39 is 5.54 Å². The Morgan fingerprint density at radius 2 is 2.04 bits per heavy atom. The molecule has 4 rings (SSSR count). The maximum atomic E-state index is 12.4. The van der Waals surface area contributed by atoms with Crippen LogP contribution in [0.1, 0.15) is 27.0 Å². The molecule has 2 amide bonds. The van der Waals surface area contributed by atoms with Gasteiger partial charge in [-0.2, -0.15) is 0 Å². The fourth-order valence-electron chi connectivity index (χ4n) is 4.13. The summed E-state index contributed by atoms with van der Waals surface area (Å²) in [5.74, 6) is -0.0634. The lowest BCUT2D eigenvalue weighted by Gasteiger charge is -2.51. The smallest absolute Gasteiger partial charge is 0.254 e. The minimum atomic E-state index is -0.463. The molecule has 5 nitrogen and oxygen atoms in total. The van der Waals surface area contributed by atoms with Crippen LogP contribution in [-0.2, 0) is 16.9 Å². The molecule has 0 bridgehead atoms. The zero-order chi connectivity index (χ0) is 20.1. The zero-order valence-corrected chi connectivity index (χ0v) is 16.7. The lowest BCUT2D eigenvalue weighted by atomic mass is 9.79. The van der Waals surface area contributed by atoms with Gasteiger partial charge in [0, 0.05) is 29.9 Å². The van der Waals surface area contributed by atoms with Gasteiger partial charge in [0.25, 0.3) is 5.91 Å². The minimum absolute atomic E-state index is 0.0312. The number of anilines is 1. The molecule has 0 radical (unpaired) electrons. The first-order chi connectivity index (χ1) is 13.3. The van der Waals surface area contributed by atoms with E-state index in [0.717, 1.165) is 27.9 Å². The van der Waals surface area contributed by atoms with E-state index in [1.807, 2.05) is 43.3 Å². The van der Waals surface area contributed by atoms with Gasteiger partial charge < -0.3 is 15.1 Å². The van der Waals surface area contributed by atoms with Crippen molar-refractivity contribution >= 4 is 29.1 Å². The highest BCUT2D eigenvalue weighted by Gasteiger charge is 2.47. The van der Waals surface area contributed by atoms with Crippen LogP contribution in [0, 0.1) is 6.92 Å². The molecule has 2 aliphatic heterocycles. The first kappa shape index (κ1) is 18.6. The van der Waals surface area contributed by atoms with E-state index in [2.05, 4.69) is 11.9 Å². The highest BCUT2D eigenvalue weighted by atomic mass is 35.5. The Kier molecular flexibility index (Phi) is 4.42. The van der Waals surface area contributed by atoms with Gasteiger partial charge >= 0.3 is 0 Å². The molecule has 1 N–H and O–H groups in total. The third-order valence-electron chi connectivity index (χ3n) is 5.67. The van der Waals surface area contributed by atoms with Crippen molar-refractivity contribution in [3.05, 3.63) is 76.3 Å². The first-order valence-electron chi connectivity index (χ1n) is 9.18. The molecule has 144 valence electrons. The number of fused-ring (bicyclic) bond motifs is 1. The fourth-order valence-corrected chi connectivity index (χ4v) is 4.31. The van der Waals surface area contributed by atoms with E-state index in [0.29, 0.717) is 24.7 Å². The number of nitrogens with zero attached hydrogens (tertiary/aromatic N) is 2. The monoisotopic (exact) mass is 395 g/mol. The lowest BCUT2D eigenvalue weighted by molar-refractivity contribution is -0.132. The number of carbonyl (C=O) groups excluding carboxylic acids is 2. The van der Waals surface area contributed by atoms with Gasteiger partial charge in [0.05, 0.1) is 18.6 Å². The van der Waals surface area contributed by atoms with Crippen LogP contribution in [-0.4, -0.2) is 41.8 Å². The van der Waals surface area contributed by atoms with E-state index >= 15 is 0 Å². The van der Waals surface area contributed by atoms with Crippen LogP contribution >= 0.6 is 11.6 Å². The van der Waals surface area contributed by atoms with Crippen LogP contribution in [0.15, 0.2) is 49.1 Å². The quantitative estimate of drug-likeness (QED) is 0.805. The van der Waals surface area contributed by atoms with Gasteiger partial charge in [-0.25, -0.2) is 0 Å². The number of carbonyl (C=O) groups is 2. The van der Waals surface area contributed by atoms with Gasteiger partial charge in [-0.3, -0.25) is 9.59 Å². The van der Waals surface area contributed by atoms with Gasteiger partial charge in [0.2, 0.25) is 5.91 Å². The summed E-state index contributed by atoms with van der Waals surface area (Å²) in [6.07, 6.45) is 1.33. The van der Waals surface area contributed by atoms with Gasteiger partial charge in [-0.05, 0) is 47.9 Å². The number of hydrogen-bond donors (Lipinski definition) is 1. The minimum Gasteiger partial charge on any atom is -0.372 e. The second kappa shape index (κ2) is 6.67. The Balaban J connectivity index is 1.70. The number of benzene rings is 2. The molecule has 0 unspecified atom stereocenters. The predicted octanol–water partition coefficient (Wildman–Crippen LogP) is 3.57. The topological polar surface area (TPSA) is 52.7 Å². The van der Waals surface area contributed by atoms with Crippen molar-refractivity contribution in [3.63, 3.8) is 0 Å². The summed E-state index contributed by atoms with van der Waals surface area (Å²) in [7, 11) is 1.80. The molecule has 2 heterocycles. The van der Waals surface area contributed by atoms with Gasteiger partial charge in [-0.15, -0.1) is 0 Å². The number of halogens is 1. The number of amides is 2. The molecule has 28 heavy (non-hydrogen) atoms. The van der Waals surface area contributed by atoms with Crippen molar-refractivity contribution < 1.29 is 9.59 Å². The highest BCUT2D eigenvalue weighted by molar-refractivity contribution is 6.31. The standard InChI is InChI=1S/C22H22ClN3O2/c1-4-20(27)26-12-22(13-26,18-6-5-7-19(23)14(18)2)24-16-9-8-15-11-25(3)21(28)17(15)10-16/h4-10,24H,1,11-13H2,2-3H3. The molecule has 6 heteroatoms. The third kappa shape index (κ3) is 2.87. The van der Waals surface area contributed by atoms with Crippen molar-refractivity contribution in [3.8, 4) is 0 Å². The lowest BCUT2D eigenvalue weighted by Crippen LogP contribution is -2.65. The summed E-state index contributed by atoms with van der Waals surface area (Å²) in [5, 5.41) is 4.29. The molecule has 1 saturated heterocycles. The van der Waals surface area contributed by atoms with Crippen molar-refractivity contribution in [2.24, 2.45) is 0 Å². The van der Waals surface area contributed by atoms with Crippen LogP contribution in [0.2, 0.25) is 5.02 Å². The number of likely N-dealkylation sites (tertiary alicyclic amines) is 1. The Labute approximate surface area is 169 Å². The van der Waals surface area contributed by atoms with E-state index in [1.54, 1.807) is 16.8 Å². The molecular formula is C22H22ClN3O2. The van der Waals surface area contributed by atoms with Gasteiger partial charge in [0.15, 0.2) is 0 Å². The summed E-state index contributed by atoms with van der Waals surface area (Å²) in [5.41, 5.74) is 4.19. The van der Waals surface area contributed by atoms with Crippen molar-refractivity contribution in [2.45, 2.75) is 19.0 Å². The molecule has 0 atom stereocenters. The van der Waals surface area contributed by atoms with Crippen LogP contribution in [0.3, 0.4) is 0 Å². The Morgan fingerprint density at radius 3 is 2.75 bits per heavy atom. The molecular weight excluding hydrogens is 374 g/mol. The molecule has 2 aromatic carbocycles. The van der Waals surface area contributed by atoms with Gasteiger partial charge in [-0.1, -0.05) is 36.4 Å². The number of hydrogen-bond acceptors (Lipinski definition) is 3. The Morgan fingerprint density at radius 1 is 1.29 bits per heavy atom. The molecule has 2 aliphatic rings. The van der Waals surface area contributed by atoms with E-state index in [1.165, 1.54) is 6.08 Å². The summed E-state index contributed by atoms with van der Waals surface area (Å²) in [6, 6.07) is 11.7. The third-order valence-corrected chi connectivity index (χ3v) is 6.08. The first-order valence-corrected chi connectivity index (χ1v) is 9.56. The molecule has 0 aromatic heterocycles. The predicted molar refractivity (Wildman–Crippen MR) is 111 cm³/mol. The number of nitrogens with one attached hydrogen (secondary N) is 1. The second-order valence-electron chi connectivity index (χ2n) is 7.55. The molecule has 0 saturated carbocycles. The van der Waals surface area contributed by atoms with Crippen molar-refractivity contribution in [2.75, 3.05) is 25.5 Å². The molecule has 0 aliphatic carbocycles. The average molecular weight is 396 g/mol. The Hall–Kier alpha value is -2.79. The largest absolute Gasteiger partial charge is 0.372 e. The zero-order valence-electron chi connectivity index (χ0n) is 16.0. The van der Waals surface area contributed by atoms with E-state index in [4.69, 9.17) is 11.6 Å². The fraction of sp³-hybridized carbons (Fsp3) is 0.273. The Bertz CT molecular complexity index is 995. The van der Waals surface area contributed by atoms with Crippen LogP contribution in [0.5, 0.6) is 0 Å². The van der Waals surface area contributed by atoms with Crippen molar-refractivity contribution in [1.82, 2.24) is 9.80 Å². The maximum Gasteiger partial charge on any atom is 0.254 e. The average Bonchev–Trinajstić information content (AvgIpc) is 2.94. The van der Waals surface area contributed by atoms with Crippen LogP contribution in [0.4, 0.5) is 5.69 Å². The summed E-state index contributed by atoms with van der Waals surface area (Å²) in [4.78, 5) is 27.9. The second-order valence-corrected chi connectivity index (χ2v) is 7.96. The van der Waals surface area contributed by atoms with E-state index in [9.17, 15) is 9.59 Å². The van der Waals surface area contributed by atoms with E-state index in [-0.39, 0.29) is 11.8 Å². The summed E-state index contributed by atoms with van der Waals surface area (Å²) < 4.78 is 0. The SMILES string of the molecule is C=CC(=O)N1CC(Nc2ccc3c(c2)C(=O)N(C)C3)(c2cccc(Cl)c2C)C1. The molecule has 0 spiro atoms. The summed E-state index contributed by atoms with van der Waals surface area (Å²) >= 11 is 6.37. The van der Waals surface area contributed by atoms with Crippen LogP contribution < -0.4 is 5.32 Å². The summed E-state index contributed by atoms with van der Waals surface area (Å²) in [6.45, 7) is 7.21. The van der Waals surface area contributed by atoms with Crippen molar-refractivity contribution in [1.29, 1.82) is 0 Å². The molecule has 2 aromatic rings.